The summed E-state index contributed by atoms with van der Waals surface area (Å²) in [6.07, 6.45) is 15.4. The molecule has 0 aliphatic carbocycles. The molecule has 1 aromatic heterocycles. The van der Waals surface area contributed by atoms with Gasteiger partial charge in [-0.3, -0.25) is 19.5 Å². The van der Waals surface area contributed by atoms with Gasteiger partial charge in [0, 0.05) is 34.0 Å². The molecule has 8 nitrogen and oxygen atoms in total. The number of aromatic amines is 1. The molecule has 1 amide bonds. The first-order valence-electron chi connectivity index (χ1n) is 24.9. The summed E-state index contributed by atoms with van der Waals surface area (Å²) in [5, 5.41) is 10.5. The Labute approximate surface area is 435 Å². The normalized spacial score (nSPS) is 12.3. The van der Waals surface area contributed by atoms with E-state index in [-0.39, 0.29) is 55.4 Å². The summed E-state index contributed by atoms with van der Waals surface area (Å²) < 4.78 is 7.92. The van der Waals surface area contributed by atoms with Gasteiger partial charge in [0.1, 0.15) is 22.2 Å². The molecule has 4 aromatic carbocycles. The maximum Gasteiger partial charge on any atom is 0.287 e. The lowest BCUT2D eigenvalue weighted by molar-refractivity contribution is -0.125. The highest BCUT2D eigenvalue weighted by Crippen LogP contribution is 2.41. The molecule has 0 spiro atoms. The number of H-pyrrole nitrogens is 1. The van der Waals surface area contributed by atoms with Crippen molar-refractivity contribution in [3.8, 4) is 11.4 Å². The van der Waals surface area contributed by atoms with Crippen molar-refractivity contribution in [1.82, 2.24) is 9.78 Å². The number of benzene rings is 4. The zero-order valence-electron chi connectivity index (χ0n) is 41.8. The predicted molar refractivity (Wildman–Crippen MR) is 293 cm³/mol. The first kappa shape index (κ1) is 56.1. The Morgan fingerprint density at radius 3 is 1.99 bits per heavy atom. The number of Topliss-reactive ketones (excluding diaryl/α,β-unsaturated/α-hetero) is 1. The number of nitrogens with zero attached hydrogens (tertiary/aromatic N) is 1. The SMILES string of the molecule is CCCCCCCCCCCCCC(=O)Nc1ccc(Cl)c(Nc2[nH]n(-c3c(Cl)cc(Cl)cc3Cl)c(=O)c2Sc2ccccc2CC(=O)C(CC)Oc2ccc(C(C)(C)CC)cc2C(C)(C)CC)c1. The van der Waals surface area contributed by atoms with Crippen LogP contribution in [0.2, 0.25) is 20.1 Å². The number of hydrogen-bond acceptors (Lipinski definition) is 6. The van der Waals surface area contributed by atoms with E-state index in [1.54, 1.807) is 18.2 Å². The van der Waals surface area contributed by atoms with Crippen molar-refractivity contribution in [2.75, 3.05) is 10.6 Å². The lowest BCUT2D eigenvalue weighted by Crippen LogP contribution is -2.30. The van der Waals surface area contributed by atoms with Gasteiger partial charge in [0.25, 0.3) is 5.56 Å². The second-order valence-corrected chi connectivity index (χ2v) is 22.1. The number of unbranched alkanes of at least 4 members (excludes halogenated alkanes) is 10. The molecular formula is C56H72Cl4N4O4S. The molecule has 374 valence electrons. The van der Waals surface area contributed by atoms with Crippen LogP contribution in [0.4, 0.5) is 17.2 Å². The fraction of sp³-hybridized carbons (Fsp3) is 0.482. The Balaban J connectivity index is 1.37. The first-order chi connectivity index (χ1) is 32.9. The monoisotopic (exact) mass is 1040 g/mol. The largest absolute Gasteiger partial charge is 0.482 e. The van der Waals surface area contributed by atoms with E-state index >= 15 is 0 Å². The van der Waals surface area contributed by atoms with Gasteiger partial charge in [-0.15, -0.1) is 0 Å². The fourth-order valence-electron chi connectivity index (χ4n) is 8.18. The number of carbonyl (C=O) groups is 2. The van der Waals surface area contributed by atoms with E-state index in [1.807, 2.05) is 37.3 Å². The number of anilines is 3. The number of ether oxygens (including phenoxy) is 1. The molecule has 0 bridgehead atoms. The molecule has 1 heterocycles. The van der Waals surface area contributed by atoms with Crippen molar-refractivity contribution >= 4 is 87.0 Å². The predicted octanol–water partition coefficient (Wildman–Crippen LogP) is 17.7. The van der Waals surface area contributed by atoms with Gasteiger partial charge < -0.3 is 15.4 Å². The van der Waals surface area contributed by atoms with Crippen LogP contribution in [0.15, 0.2) is 87.4 Å². The van der Waals surface area contributed by atoms with Gasteiger partial charge in [0.05, 0.1) is 20.8 Å². The number of halogens is 4. The molecule has 0 saturated carbocycles. The average Bonchev–Trinajstić information content (AvgIpc) is 3.60. The molecular weight excluding hydrogens is 967 g/mol. The number of rotatable bonds is 28. The summed E-state index contributed by atoms with van der Waals surface area (Å²) in [6, 6.07) is 22.1. The molecule has 0 fully saturated rings. The van der Waals surface area contributed by atoms with Crippen LogP contribution in [0.25, 0.3) is 5.69 Å². The van der Waals surface area contributed by atoms with E-state index in [2.05, 4.69) is 76.3 Å². The number of nitrogens with one attached hydrogen (secondary N) is 3. The molecule has 0 saturated heterocycles. The smallest absolute Gasteiger partial charge is 0.287 e. The van der Waals surface area contributed by atoms with E-state index < -0.39 is 11.7 Å². The minimum atomic E-state index is -0.704. The van der Waals surface area contributed by atoms with E-state index in [1.165, 1.54) is 85.5 Å². The van der Waals surface area contributed by atoms with Gasteiger partial charge in [-0.25, -0.2) is 4.68 Å². The van der Waals surface area contributed by atoms with Crippen molar-refractivity contribution in [1.29, 1.82) is 0 Å². The lowest BCUT2D eigenvalue weighted by Gasteiger charge is -2.31. The van der Waals surface area contributed by atoms with Gasteiger partial charge in [0.15, 0.2) is 11.9 Å². The van der Waals surface area contributed by atoms with Crippen LogP contribution >= 0.6 is 58.2 Å². The molecule has 0 aliphatic rings. The number of hydrogen-bond donors (Lipinski definition) is 3. The summed E-state index contributed by atoms with van der Waals surface area (Å²) in [7, 11) is 0. The maximum absolute atomic E-state index is 14.6. The molecule has 5 aromatic rings. The minimum absolute atomic E-state index is 0.0106. The number of amides is 1. The number of ketones is 1. The van der Waals surface area contributed by atoms with Crippen molar-refractivity contribution < 1.29 is 14.3 Å². The molecule has 0 aliphatic heterocycles. The lowest BCUT2D eigenvalue weighted by atomic mass is 9.76. The summed E-state index contributed by atoms with van der Waals surface area (Å²) in [6.45, 7) is 17.5. The van der Waals surface area contributed by atoms with Crippen LogP contribution in [0.5, 0.6) is 5.75 Å². The van der Waals surface area contributed by atoms with E-state index in [4.69, 9.17) is 51.1 Å². The molecule has 1 unspecified atom stereocenters. The zero-order chi connectivity index (χ0) is 50.3. The second kappa shape index (κ2) is 26.5. The van der Waals surface area contributed by atoms with Gasteiger partial charge in [-0.1, -0.05) is 208 Å². The summed E-state index contributed by atoms with van der Waals surface area (Å²) in [5.41, 5.74) is 3.61. The second-order valence-electron chi connectivity index (χ2n) is 19.4. The van der Waals surface area contributed by atoms with E-state index in [0.29, 0.717) is 39.2 Å². The van der Waals surface area contributed by atoms with Crippen LogP contribution in [-0.4, -0.2) is 27.6 Å². The van der Waals surface area contributed by atoms with Gasteiger partial charge in [0.2, 0.25) is 5.91 Å². The fourth-order valence-corrected chi connectivity index (χ4v) is 10.3. The van der Waals surface area contributed by atoms with E-state index in [9.17, 15) is 14.4 Å². The maximum atomic E-state index is 14.6. The summed E-state index contributed by atoms with van der Waals surface area (Å²) in [5.74, 6) is 0.843. The quantitative estimate of drug-likeness (QED) is 0.0431. The van der Waals surface area contributed by atoms with Crippen LogP contribution in [0.3, 0.4) is 0 Å². The highest BCUT2D eigenvalue weighted by Gasteiger charge is 2.30. The zero-order valence-corrected chi connectivity index (χ0v) is 45.7. The van der Waals surface area contributed by atoms with Crippen molar-refractivity contribution in [2.45, 2.75) is 185 Å². The third-order valence-electron chi connectivity index (χ3n) is 13.4. The highest BCUT2D eigenvalue weighted by atomic mass is 35.5. The summed E-state index contributed by atoms with van der Waals surface area (Å²) >= 11 is 27.6. The molecule has 3 N–H and O–H groups in total. The average molecular weight is 1040 g/mol. The molecule has 13 heteroatoms. The Hall–Kier alpha value is -3.86. The van der Waals surface area contributed by atoms with Crippen LogP contribution in [0, 0.1) is 0 Å². The molecule has 1 atom stereocenters. The topological polar surface area (TPSA) is 105 Å². The summed E-state index contributed by atoms with van der Waals surface area (Å²) in [4.78, 5) is 42.9. The number of aromatic nitrogens is 2. The third-order valence-corrected chi connectivity index (χ3v) is 15.7. The van der Waals surface area contributed by atoms with Crippen molar-refractivity contribution in [2.24, 2.45) is 0 Å². The van der Waals surface area contributed by atoms with Gasteiger partial charge in [-0.2, -0.15) is 0 Å². The Bertz CT molecular complexity index is 2550. The van der Waals surface area contributed by atoms with Crippen molar-refractivity contribution in [3.05, 3.63) is 120 Å². The minimum Gasteiger partial charge on any atom is -0.482 e. The van der Waals surface area contributed by atoms with Crippen LogP contribution in [0.1, 0.15) is 168 Å². The van der Waals surface area contributed by atoms with E-state index in [0.717, 1.165) is 49.0 Å². The standard InChI is InChI=1S/C56H72Cl4N4O4S/c1-9-13-14-15-16-17-18-19-20-21-22-27-50(66)61-40-29-30-42(58)45(36-40)62-53-52(54(67)64(63-53)51-43(59)34-39(57)35-44(51)60)69-49-26-24-23-25-37(49)32-46(65)47(10-2)68-48-31-28-38(55(5,6)11-3)33-41(48)56(7,8)12-4/h23-26,28-31,33-36,47,62-63H,9-22,27,32H2,1-8H3,(H,61,66). The first-order valence-corrected chi connectivity index (χ1v) is 27.2. The van der Waals surface area contributed by atoms with Gasteiger partial charge in [-0.05, 0) is 90.1 Å². The van der Waals surface area contributed by atoms with Crippen LogP contribution < -0.4 is 20.9 Å². The Morgan fingerprint density at radius 2 is 1.36 bits per heavy atom. The van der Waals surface area contributed by atoms with Crippen LogP contribution in [-0.2, 0) is 26.8 Å². The molecule has 5 rings (SSSR count). The Morgan fingerprint density at radius 1 is 0.739 bits per heavy atom. The number of carbonyl (C=O) groups excluding carboxylic acids is 2. The molecule has 69 heavy (non-hydrogen) atoms. The highest BCUT2D eigenvalue weighted by molar-refractivity contribution is 7.99. The van der Waals surface area contributed by atoms with Gasteiger partial charge >= 0.3 is 0 Å². The Kier molecular flexibility index (Phi) is 21.6. The van der Waals surface area contributed by atoms with Crippen molar-refractivity contribution in [3.63, 3.8) is 0 Å². The third kappa shape index (κ3) is 15.6. The molecule has 0 radical (unpaired) electrons.